The maximum Gasteiger partial charge on any atom is 0.271 e. The molecule has 0 aliphatic heterocycles. The zero-order chi connectivity index (χ0) is 13.3. The molecule has 94 valence electrons. The minimum Gasteiger partial charge on any atom is -0.321 e. The molecule has 0 fully saturated rings. The molecule has 0 spiro atoms. The summed E-state index contributed by atoms with van der Waals surface area (Å²) in [6.07, 6.45) is 0. The van der Waals surface area contributed by atoms with Crippen molar-refractivity contribution in [2.24, 2.45) is 5.73 Å². The molecule has 0 amide bonds. The fraction of sp³-hybridized carbons (Fsp3) is 0.222. The maximum absolute atomic E-state index is 10.8. The molecule has 1 aromatic carbocycles. The predicted octanol–water partition coefficient (Wildman–Crippen LogP) is 1.35. The van der Waals surface area contributed by atoms with Gasteiger partial charge in [0.25, 0.3) is 5.69 Å². The van der Waals surface area contributed by atoms with Gasteiger partial charge in [0, 0.05) is 16.6 Å². The van der Waals surface area contributed by atoms with Crippen molar-refractivity contribution in [3.8, 4) is 5.69 Å². The molecule has 0 bridgehead atoms. The van der Waals surface area contributed by atoms with Gasteiger partial charge in [-0.3, -0.25) is 10.1 Å². The number of rotatable bonds is 3. The zero-order valence-corrected chi connectivity index (χ0v) is 10.9. The van der Waals surface area contributed by atoms with E-state index < -0.39 is 4.92 Å². The summed E-state index contributed by atoms with van der Waals surface area (Å²) in [5.41, 5.74) is 6.16. The summed E-state index contributed by atoms with van der Waals surface area (Å²) in [4.78, 5) is 10.3. The molecule has 2 N–H and O–H groups in total. The van der Waals surface area contributed by atoms with Gasteiger partial charge < -0.3 is 5.73 Å². The first-order valence-electron chi connectivity index (χ1n) is 4.99. The summed E-state index contributed by atoms with van der Waals surface area (Å²) in [5, 5.41) is 21.9. The molecular weight excluding hydrogens is 304 g/mol. The molecule has 1 aromatic heterocycles. The van der Waals surface area contributed by atoms with Crippen molar-refractivity contribution in [2.75, 3.05) is 0 Å². The van der Waals surface area contributed by atoms with Crippen LogP contribution in [0, 0.1) is 10.1 Å². The van der Waals surface area contributed by atoms with Crippen LogP contribution in [-0.2, 0) is 0 Å². The first-order chi connectivity index (χ1) is 8.50. The lowest BCUT2D eigenvalue weighted by atomic mass is 10.2. The van der Waals surface area contributed by atoms with Crippen LogP contribution in [0.2, 0.25) is 0 Å². The molecule has 0 aliphatic rings. The van der Waals surface area contributed by atoms with Gasteiger partial charge in [-0.2, -0.15) is 4.68 Å². The monoisotopic (exact) mass is 312 g/mol. The summed E-state index contributed by atoms with van der Waals surface area (Å²) in [5.74, 6) is 0.427. The highest BCUT2D eigenvalue weighted by atomic mass is 79.9. The van der Waals surface area contributed by atoms with Gasteiger partial charge in [0.15, 0.2) is 5.82 Å². The number of hydrogen-bond acceptors (Lipinski definition) is 6. The van der Waals surface area contributed by atoms with E-state index in [9.17, 15) is 10.1 Å². The molecule has 18 heavy (non-hydrogen) atoms. The van der Waals surface area contributed by atoms with Crippen molar-refractivity contribution in [3.05, 3.63) is 38.6 Å². The minimum absolute atomic E-state index is 0.0423. The maximum atomic E-state index is 10.8. The second-order valence-corrected chi connectivity index (χ2v) is 4.48. The Hall–Kier alpha value is -1.87. The average Bonchev–Trinajstić information content (AvgIpc) is 2.78. The van der Waals surface area contributed by atoms with Crippen LogP contribution in [0.3, 0.4) is 0 Å². The standard InChI is InChI=1S/C9H9BrN6O2/c1-5(11)9-12-13-14-15(9)8-4-6(16(17)18)2-3-7(8)10/h2-5H,11H2,1H3. The Morgan fingerprint density at radius 2 is 2.28 bits per heavy atom. The first kappa shape index (κ1) is 12.6. The number of nitrogens with two attached hydrogens (primary N) is 1. The van der Waals surface area contributed by atoms with Crippen molar-refractivity contribution in [1.82, 2.24) is 20.2 Å². The van der Waals surface area contributed by atoms with Gasteiger partial charge in [0.2, 0.25) is 0 Å². The number of non-ortho nitro benzene ring substituents is 1. The predicted molar refractivity (Wildman–Crippen MR) is 66.1 cm³/mol. The first-order valence-corrected chi connectivity index (χ1v) is 5.78. The van der Waals surface area contributed by atoms with Gasteiger partial charge in [0.05, 0.1) is 16.7 Å². The van der Waals surface area contributed by atoms with E-state index in [1.165, 1.54) is 16.8 Å². The molecule has 1 atom stereocenters. The average molecular weight is 313 g/mol. The largest absolute Gasteiger partial charge is 0.321 e. The third-order valence-corrected chi connectivity index (χ3v) is 2.94. The van der Waals surface area contributed by atoms with E-state index in [0.717, 1.165) is 0 Å². The summed E-state index contributed by atoms with van der Waals surface area (Å²) in [7, 11) is 0. The normalized spacial score (nSPS) is 12.4. The number of tetrazole rings is 1. The summed E-state index contributed by atoms with van der Waals surface area (Å²) in [6, 6.07) is 3.96. The Balaban J connectivity index is 2.59. The van der Waals surface area contributed by atoms with Gasteiger partial charge in [-0.1, -0.05) is 0 Å². The molecule has 9 heteroatoms. The van der Waals surface area contributed by atoms with Crippen LogP contribution in [0.5, 0.6) is 0 Å². The van der Waals surface area contributed by atoms with Gasteiger partial charge in [0.1, 0.15) is 0 Å². The van der Waals surface area contributed by atoms with E-state index in [-0.39, 0.29) is 11.7 Å². The zero-order valence-electron chi connectivity index (χ0n) is 9.32. The number of nitrogens with zero attached hydrogens (tertiary/aromatic N) is 5. The second-order valence-electron chi connectivity index (χ2n) is 3.63. The quantitative estimate of drug-likeness (QED) is 0.676. The molecule has 2 aromatic rings. The van der Waals surface area contributed by atoms with Crippen molar-refractivity contribution < 1.29 is 4.92 Å². The smallest absolute Gasteiger partial charge is 0.271 e. The van der Waals surface area contributed by atoms with Gasteiger partial charge in [-0.25, -0.2) is 0 Å². The number of nitro benzene ring substituents is 1. The molecule has 2 rings (SSSR count). The number of halogens is 1. The van der Waals surface area contributed by atoms with E-state index >= 15 is 0 Å². The van der Waals surface area contributed by atoms with E-state index in [0.29, 0.717) is 16.0 Å². The highest BCUT2D eigenvalue weighted by Crippen LogP contribution is 2.26. The van der Waals surface area contributed by atoms with E-state index in [4.69, 9.17) is 5.73 Å². The van der Waals surface area contributed by atoms with Crippen molar-refractivity contribution in [3.63, 3.8) is 0 Å². The molecule has 0 aliphatic carbocycles. The second kappa shape index (κ2) is 4.78. The number of aromatic nitrogens is 4. The summed E-state index contributed by atoms with van der Waals surface area (Å²) in [6.45, 7) is 1.73. The summed E-state index contributed by atoms with van der Waals surface area (Å²) < 4.78 is 2.02. The lowest BCUT2D eigenvalue weighted by Crippen LogP contribution is -2.13. The highest BCUT2D eigenvalue weighted by Gasteiger charge is 2.17. The van der Waals surface area contributed by atoms with Crippen molar-refractivity contribution in [2.45, 2.75) is 13.0 Å². The number of nitro groups is 1. The van der Waals surface area contributed by atoms with Crippen molar-refractivity contribution in [1.29, 1.82) is 0 Å². The molecule has 1 unspecified atom stereocenters. The Morgan fingerprint density at radius 3 is 2.89 bits per heavy atom. The molecule has 0 saturated carbocycles. The van der Waals surface area contributed by atoms with Crippen LogP contribution in [0.15, 0.2) is 22.7 Å². The summed E-state index contributed by atoms with van der Waals surface area (Å²) >= 11 is 3.30. The lowest BCUT2D eigenvalue weighted by molar-refractivity contribution is -0.384. The number of hydrogen-bond donors (Lipinski definition) is 1. The van der Waals surface area contributed by atoms with E-state index in [1.54, 1.807) is 13.0 Å². The van der Waals surface area contributed by atoms with Gasteiger partial charge in [-0.15, -0.1) is 5.10 Å². The van der Waals surface area contributed by atoms with Gasteiger partial charge in [-0.05, 0) is 39.3 Å². The third-order valence-electron chi connectivity index (χ3n) is 2.27. The fourth-order valence-corrected chi connectivity index (χ4v) is 1.84. The molecule has 8 nitrogen and oxygen atoms in total. The SMILES string of the molecule is CC(N)c1nnnn1-c1cc([N+](=O)[O-])ccc1Br. The van der Waals surface area contributed by atoms with Crippen molar-refractivity contribution >= 4 is 21.6 Å². The van der Waals surface area contributed by atoms with Crippen LogP contribution >= 0.6 is 15.9 Å². The van der Waals surface area contributed by atoms with Crippen LogP contribution in [0.25, 0.3) is 5.69 Å². The molecule has 1 heterocycles. The minimum atomic E-state index is -0.480. The van der Waals surface area contributed by atoms with E-state index in [1.807, 2.05) is 0 Å². The molecule has 0 radical (unpaired) electrons. The number of benzene rings is 1. The molecular formula is C9H9BrN6O2. The third kappa shape index (κ3) is 2.22. The van der Waals surface area contributed by atoms with Gasteiger partial charge >= 0.3 is 0 Å². The Kier molecular flexibility index (Phi) is 3.34. The fourth-order valence-electron chi connectivity index (χ4n) is 1.43. The molecule has 0 saturated heterocycles. The van der Waals surface area contributed by atoms with Crippen LogP contribution in [0.1, 0.15) is 18.8 Å². The highest BCUT2D eigenvalue weighted by molar-refractivity contribution is 9.10. The van der Waals surface area contributed by atoms with Crippen LogP contribution in [0.4, 0.5) is 5.69 Å². The van der Waals surface area contributed by atoms with Crippen LogP contribution in [-0.4, -0.2) is 25.1 Å². The van der Waals surface area contributed by atoms with Crippen LogP contribution < -0.4 is 5.73 Å². The van der Waals surface area contributed by atoms with E-state index in [2.05, 4.69) is 31.5 Å². The Bertz CT molecular complexity index is 596. The lowest BCUT2D eigenvalue weighted by Gasteiger charge is -2.08. The Labute approximate surface area is 110 Å². The topological polar surface area (TPSA) is 113 Å². The Morgan fingerprint density at radius 1 is 1.56 bits per heavy atom.